The van der Waals surface area contributed by atoms with E-state index in [0.717, 1.165) is 17.7 Å². The third kappa shape index (κ3) is 3.51. The Morgan fingerprint density at radius 2 is 1.56 bits per heavy atom. The second kappa shape index (κ2) is 6.99. The Bertz CT molecular complexity index is 897. The Kier molecular flexibility index (Phi) is 4.39. The van der Waals surface area contributed by atoms with Crippen molar-refractivity contribution < 1.29 is 0 Å². The lowest BCUT2D eigenvalue weighted by atomic mass is 10.0. The van der Waals surface area contributed by atoms with Gasteiger partial charge in [-0.15, -0.1) is 0 Å². The van der Waals surface area contributed by atoms with Crippen molar-refractivity contribution >= 4 is 0 Å². The van der Waals surface area contributed by atoms with Crippen LogP contribution in [0.25, 0.3) is 22.5 Å². The van der Waals surface area contributed by atoms with Gasteiger partial charge in [0.15, 0.2) is 0 Å². The molecule has 1 fully saturated rings. The summed E-state index contributed by atoms with van der Waals surface area (Å²) in [6.45, 7) is 3.36. The Balaban J connectivity index is 1.66. The van der Waals surface area contributed by atoms with Gasteiger partial charge >= 0.3 is 5.69 Å². The monoisotopic (exact) mass is 332 g/mol. The topological polar surface area (TPSA) is 61.9 Å². The molecule has 0 unspecified atom stereocenters. The van der Waals surface area contributed by atoms with Gasteiger partial charge in [-0.05, 0) is 31.5 Å². The van der Waals surface area contributed by atoms with E-state index in [9.17, 15) is 4.79 Å². The lowest BCUT2D eigenvalue weighted by molar-refractivity contribution is 0.331. The molecule has 5 nitrogen and oxygen atoms in total. The van der Waals surface area contributed by atoms with E-state index in [-0.39, 0.29) is 0 Å². The summed E-state index contributed by atoms with van der Waals surface area (Å²) in [5.41, 5.74) is 4.00. The standard InChI is InChI=1S/C20H20N4O/c25-20-21-18(16-6-2-1-3-7-16)19(22-23-20)17-10-8-15(9-11-17)14-24-12-4-5-13-24/h1-3,6-11H,4-5,12-14H2,(H,21,23,25). The van der Waals surface area contributed by atoms with Crippen LogP contribution >= 0.6 is 0 Å². The van der Waals surface area contributed by atoms with E-state index in [1.807, 2.05) is 30.3 Å². The van der Waals surface area contributed by atoms with Gasteiger partial charge in [-0.2, -0.15) is 10.1 Å². The van der Waals surface area contributed by atoms with Gasteiger partial charge in [-0.25, -0.2) is 9.89 Å². The summed E-state index contributed by atoms with van der Waals surface area (Å²) < 4.78 is 0. The molecule has 25 heavy (non-hydrogen) atoms. The van der Waals surface area contributed by atoms with Crippen LogP contribution in [0.3, 0.4) is 0 Å². The Hall–Kier alpha value is -2.79. The van der Waals surface area contributed by atoms with Crippen molar-refractivity contribution in [3.63, 3.8) is 0 Å². The number of nitrogens with one attached hydrogen (secondary N) is 1. The minimum absolute atomic E-state index is 0.437. The second-order valence-corrected chi connectivity index (χ2v) is 6.38. The fourth-order valence-corrected chi connectivity index (χ4v) is 3.30. The molecule has 5 heteroatoms. The van der Waals surface area contributed by atoms with Gasteiger partial charge in [-0.1, -0.05) is 54.6 Å². The molecule has 2 heterocycles. The van der Waals surface area contributed by atoms with Crippen LogP contribution in [0, 0.1) is 0 Å². The fourth-order valence-electron chi connectivity index (χ4n) is 3.30. The van der Waals surface area contributed by atoms with Crippen LogP contribution in [0.5, 0.6) is 0 Å². The number of benzene rings is 2. The van der Waals surface area contributed by atoms with Gasteiger partial charge < -0.3 is 0 Å². The molecule has 2 aromatic carbocycles. The zero-order chi connectivity index (χ0) is 17.1. The molecular formula is C20H20N4O. The van der Waals surface area contributed by atoms with Crippen LogP contribution < -0.4 is 5.69 Å². The molecule has 1 aliphatic rings. The maximum absolute atomic E-state index is 11.7. The van der Waals surface area contributed by atoms with E-state index in [1.54, 1.807) is 0 Å². The third-order valence-corrected chi connectivity index (χ3v) is 4.58. The summed E-state index contributed by atoms with van der Waals surface area (Å²) in [6, 6.07) is 18.1. The van der Waals surface area contributed by atoms with Gasteiger partial charge in [0, 0.05) is 17.7 Å². The van der Waals surface area contributed by atoms with Crippen molar-refractivity contribution in [2.75, 3.05) is 13.1 Å². The van der Waals surface area contributed by atoms with Gasteiger partial charge in [0.1, 0.15) is 11.4 Å². The highest BCUT2D eigenvalue weighted by molar-refractivity contribution is 5.77. The first-order valence-corrected chi connectivity index (χ1v) is 8.63. The number of H-pyrrole nitrogens is 1. The first-order chi connectivity index (χ1) is 12.3. The molecular weight excluding hydrogens is 312 g/mol. The first kappa shape index (κ1) is 15.7. The third-order valence-electron chi connectivity index (χ3n) is 4.58. The molecule has 1 saturated heterocycles. The molecule has 1 N–H and O–H groups in total. The highest BCUT2D eigenvalue weighted by atomic mass is 16.1. The largest absolute Gasteiger partial charge is 0.361 e. The average Bonchev–Trinajstić information content (AvgIpc) is 3.16. The number of hydrogen-bond donors (Lipinski definition) is 1. The number of rotatable bonds is 4. The van der Waals surface area contributed by atoms with Gasteiger partial charge in [0.05, 0.1) is 0 Å². The Labute approximate surface area is 146 Å². The zero-order valence-electron chi connectivity index (χ0n) is 14.0. The maximum atomic E-state index is 11.7. The Morgan fingerprint density at radius 1 is 0.880 bits per heavy atom. The maximum Gasteiger partial charge on any atom is 0.361 e. The van der Waals surface area contributed by atoms with Crippen molar-refractivity contribution in [1.82, 2.24) is 20.1 Å². The predicted octanol–water partition coefficient (Wildman–Crippen LogP) is 3.09. The molecule has 0 saturated carbocycles. The van der Waals surface area contributed by atoms with Crippen LogP contribution in [-0.4, -0.2) is 33.2 Å². The highest BCUT2D eigenvalue weighted by Crippen LogP contribution is 2.27. The van der Waals surface area contributed by atoms with Crippen molar-refractivity contribution in [3.8, 4) is 22.5 Å². The van der Waals surface area contributed by atoms with E-state index < -0.39 is 5.69 Å². The number of aromatic nitrogens is 3. The van der Waals surface area contributed by atoms with Crippen LogP contribution in [0.15, 0.2) is 59.4 Å². The number of hydrogen-bond acceptors (Lipinski definition) is 4. The summed E-state index contributed by atoms with van der Waals surface area (Å²) in [5, 5.41) is 6.70. The predicted molar refractivity (Wildman–Crippen MR) is 98.0 cm³/mol. The van der Waals surface area contributed by atoms with Gasteiger partial charge in [0.2, 0.25) is 0 Å². The highest BCUT2D eigenvalue weighted by Gasteiger charge is 2.14. The molecule has 0 bridgehead atoms. The van der Waals surface area contributed by atoms with Crippen molar-refractivity contribution in [2.45, 2.75) is 19.4 Å². The molecule has 0 atom stereocenters. The quantitative estimate of drug-likeness (QED) is 0.797. The normalized spacial score (nSPS) is 14.7. The summed E-state index contributed by atoms with van der Waals surface area (Å²) in [6.07, 6.45) is 2.59. The molecule has 0 radical (unpaired) electrons. The minimum Gasteiger partial charge on any atom is -0.299 e. The minimum atomic E-state index is -0.437. The number of likely N-dealkylation sites (tertiary alicyclic amines) is 1. The van der Waals surface area contributed by atoms with E-state index in [4.69, 9.17) is 0 Å². The SMILES string of the molecule is O=c1nc(-c2ccccc2)c(-c2ccc(CN3CCCC3)cc2)n[nH]1. The zero-order valence-corrected chi connectivity index (χ0v) is 14.0. The summed E-state index contributed by atoms with van der Waals surface area (Å²) in [4.78, 5) is 18.3. The van der Waals surface area contributed by atoms with E-state index in [1.165, 1.54) is 31.5 Å². The van der Waals surface area contributed by atoms with Crippen LogP contribution in [0.1, 0.15) is 18.4 Å². The summed E-state index contributed by atoms with van der Waals surface area (Å²) in [7, 11) is 0. The molecule has 0 spiro atoms. The van der Waals surface area contributed by atoms with E-state index in [0.29, 0.717) is 11.4 Å². The first-order valence-electron chi connectivity index (χ1n) is 8.63. The van der Waals surface area contributed by atoms with E-state index in [2.05, 4.69) is 44.3 Å². The molecule has 0 amide bonds. The molecule has 1 aromatic heterocycles. The fraction of sp³-hybridized carbons (Fsp3) is 0.250. The number of aromatic amines is 1. The lowest BCUT2D eigenvalue weighted by Crippen LogP contribution is -2.18. The van der Waals surface area contributed by atoms with Crippen molar-refractivity contribution in [1.29, 1.82) is 0 Å². The van der Waals surface area contributed by atoms with Crippen LogP contribution in [-0.2, 0) is 6.54 Å². The van der Waals surface area contributed by atoms with Crippen LogP contribution in [0.4, 0.5) is 0 Å². The van der Waals surface area contributed by atoms with Crippen molar-refractivity contribution in [3.05, 3.63) is 70.6 Å². The lowest BCUT2D eigenvalue weighted by Gasteiger charge is -2.14. The van der Waals surface area contributed by atoms with E-state index >= 15 is 0 Å². The molecule has 0 aliphatic carbocycles. The number of nitrogens with zero attached hydrogens (tertiary/aromatic N) is 3. The van der Waals surface area contributed by atoms with Crippen molar-refractivity contribution in [2.24, 2.45) is 0 Å². The molecule has 3 aromatic rings. The molecule has 126 valence electrons. The Morgan fingerprint density at radius 3 is 2.28 bits per heavy atom. The smallest absolute Gasteiger partial charge is 0.299 e. The molecule has 4 rings (SSSR count). The summed E-state index contributed by atoms with van der Waals surface area (Å²) >= 11 is 0. The van der Waals surface area contributed by atoms with Gasteiger partial charge in [0.25, 0.3) is 0 Å². The van der Waals surface area contributed by atoms with Crippen LogP contribution in [0.2, 0.25) is 0 Å². The summed E-state index contributed by atoms with van der Waals surface area (Å²) in [5.74, 6) is 0. The van der Waals surface area contributed by atoms with Gasteiger partial charge in [-0.3, -0.25) is 4.90 Å². The molecule has 1 aliphatic heterocycles. The average molecular weight is 332 g/mol. The second-order valence-electron chi connectivity index (χ2n) is 6.38.